The summed E-state index contributed by atoms with van der Waals surface area (Å²) in [7, 11) is -3.13. The Morgan fingerprint density at radius 3 is 2.17 bits per heavy atom. The molecule has 0 fully saturated rings. The minimum Gasteiger partial charge on any atom is -0.305 e. The van der Waals surface area contributed by atoms with E-state index in [9.17, 15) is 4.57 Å². The third-order valence-electron chi connectivity index (χ3n) is 2.40. The minimum atomic E-state index is -3.13. The first kappa shape index (κ1) is 17.7. The summed E-state index contributed by atoms with van der Waals surface area (Å²) in [5.74, 6) is 0. The lowest BCUT2D eigenvalue weighted by Crippen LogP contribution is -1.98. The van der Waals surface area contributed by atoms with Crippen molar-refractivity contribution in [3.8, 4) is 0 Å². The Balaban J connectivity index is 5.09. The Bertz CT molecular complexity index is 307. The maximum Gasteiger partial charge on any atom is 0.364 e. The first-order valence-electron chi connectivity index (χ1n) is 6.98. The second-order valence-electron chi connectivity index (χ2n) is 4.02. The van der Waals surface area contributed by atoms with E-state index in [0.717, 1.165) is 32.1 Å². The van der Waals surface area contributed by atoms with Gasteiger partial charge in [-0.25, -0.2) is 0 Å². The maximum absolute atomic E-state index is 12.6. The van der Waals surface area contributed by atoms with Crippen LogP contribution in [0.4, 0.5) is 0 Å². The molecule has 0 radical (unpaired) electrons. The third kappa shape index (κ3) is 6.56. The smallest absolute Gasteiger partial charge is 0.305 e. The van der Waals surface area contributed by atoms with Gasteiger partial charge in [0.25, 0.3) is 0 Å². The Hall–Kier alpha value is -0.330. The van der Waals surface area contributed by atoms with Crippen molar-refractivity contribution < 1.29 is 13.6 Å². The average molecular weight is 274 g/mol. The molecule has 0 atom stereocenters. The zero-order valence-electron chi connectivity index (χ0n) is 12.2. The van der Waals surface area contributed by atoms with Crippen LogP contribution < -0.4 is 0 Å². The molecule has 0 aromatic heterocycles. The predicted octanol–water partition coefficient (Wildman–Crippen LogP) is 5.28. The molecule has 0 aromatic carbocycles. The number of allylic oxidation sites excluding steroid dienone is 1. The van der Waals surface area contributed by atoms with Crippen LogP contribution >= 0.6 is 7.60 Å². The molecule has 106 valence electrons. The van der Waals surface area contributed by atoms with E-state index in [4.69, 9.17) is 9.05 Å². The van der Waals surface area contributed by atoms with Crippen LogP contribution in [0.25, 0.3) is 0 Å². The van der Waals surface area contributed by atoms with Crippen molar-refractivity contribution in [3.63, 3.8) is 0 Å². The van der Waals surface area contributed by atoms with Crippen LogP contribution in [0.2, 0.25) is 0 Å². The molecule has 0 heterocycles. The van der Waals surface area contributed by atoms with Crippen LogP contribution in [-0.2, 0) is 13.6 Å². The third-order valence-corrected chi connectivity index (χ3v) is 4.61. The van der Waals surface area contributed by atoms with Gasteiger partial charge in [-0.3, -0.25) is 4.57 Å². The Morgan fingerprint density at radius 2 is 1.72 bits per heavy atom. The molecular weight excluding hydrogens is 247 g/mol. The van der Waals surface area contributed by atoms with Crippen molar-refractivity contribution in [1.82, 2.24) is 0 Å². The van der Waals surface area contributed by atoms with Crippen molar-refractivity contribution in [3.05, 3.63) is 17.1 Å². The van der Waals surface area contributed by atoms with E-state index in [1.54, 1.807) is 0 Å². The summed E-state index contributed by atoms with van der Waals surface area (Å²) in [6.07, 6.45) is 6.70. The molecule has 0 aliphatic carbocycles. The zero-order valence-corrected chi connectivity index (χ0v) is 13.1. The molecule has 0 aromatic rings. The number of rotatable bonds is 10. The fourth-order valence-electron chi connectivity index (χ4n) is 1.50. The van der Waals surface area contributed by atoms with E-state index < -0.39 is 7.60 Å². The van der Waals surface area contributed by atoms with E-state index in [2.05, 4.69) is 19.6 Å². The zero-order chi connectivity index (χ0) is 13.9. The van der Waals surface area contributed by atoms with Gasteiger partial charge >= 0.3 is 7.60 Å². The van der Waals surface area contributed by atoms with E-state index in [-0.39, 0.29) is 0 Å². The fourth-order valence-corrected chi connectivity index (χ4v) is 3.25. The van der Waals surface area contributed by atoms with Crippen molar-refractivity contribution >= 4 is 7.60 Å². The van der Waals surface area contributed by atoms with Gasteiger partial charge in [0.2, 0.25) is 0 Å². The summed E-state index contributed by atoms with van der Waals surface area (Å²) in [6, 6.07) is 0. The van der Waals surface area contributed by atoms with E-state index in [0.29, 0.717) is 18.5 Å². The lowest BCUT2D eigenvalue weighted by molar-refractivity contribution is 0.225. The summed E-state index contributed by atoms with van der Waals surface area (Å²) in [6.45, 7) is 8.66. The first-order valence-corrected chi connectivity index (χ1v) is 8.52. The molecule has 0 rings (SSSR count). The highest BCUT2D eigenvalue weighted by molar-refractivity contribution is 7.58. The highest BCUT2D eigenvalue weighted by atomic mass is 31.2. The lowest BCUT2D eigenvalue weighted by atomic mass is 10.2. The largest absolute Gasteiger partial charge is 0.364 e. The number of hydrogen-bond acceptors (Lipinski definition) is 3. The molecule has 0 aliphatic rings. The quantitative estimate of drug-likeness (QED) is 0.401. The minimum absolute atomic E-state index is 0.391. The molecule has 0 spiro atoms. The fraction of sp³-hybridized carbons (Fsp3) is 0.786. The van der Waals surface area contributed by atoms with Gasteiger partial charge in [0, 0.05) is 0 Å². The van der Waals surface area contributed by atoms with Gasteiger partial charge in [0.15, 0.2) is 0 Å². The molecule has 0 saturated heterocycles. The van der Waals surface area contributed by atoms with Gasteiger partial charge in [0.05, 0.1) is 18.5 Å². The first-order chi connectivity index (χ1) is 8.64. The van der Waals surface area contributed by atoms with Crippen molar-refractivity contribution in [2.75, 3.05) is 13.2 Å². The van der Waals surface area contributed by atoms with Crippen molar-refractivity contribution in [1.29, 1.82) is 0 Å². The Kier molecular flexibility index (Phi) is 10.4. The van der Waals surface area contributed by atoms with Crippen LogP contribution in [0.15, 0.2) is 17.1 Å². The van der Waals surface area contributed by atoms with E-state index in [1.165, 1.54) is 0 Å². The standard InChI is InChI=1S/C14H27O3P/c1-5-9-11-13-14(12-10-6-2)18(15,16-7-3)17-8-4/h11H,5-10,12H2,1-4H3. The van der Waals surface area contributed by atoms with Crippen LogP contribution in [0.3, 0.4) is 0 Å². The summed E-state index contributed by atoms with van der Waals surface area (Å²) < 4.78 is 23.4. The van der Waals surface area contributed by atoms with Gasteiger partial charge in [-0.05, 0) is 39.2 Å². The predicted molar refractivity (Wildman–Crippen MR) is 76.9 cm³/mol. The molecule has 4 heteroatoms. The highest BCUT2D eigenvalue weighted by Crippen LogP contribution is 2.57. The monoisotopic (exact) mass is 274 g/mol. The number of hydrogen-bond donors (Lipinski definition) is 0. The van der Waals surface area contributed by atoms with Crippen LogP contribution in [0.1, 0.15) is 59.8 Å². The lowest BCUT2D eigenvalue weighted by Gasteiger charge is -2.18. The van der Waals surface area contributed by atoms with Crippen LogP contribution in [0, 0.1) is 0 Å². The SMILES string of the molecule is CCCC=C=C(CCCC)P(=O)(OCC)OCC. The Labute approximate surface area is 112 Å². The van der Waals surface area contributed by atoms with Crippen molar-refractivity contribution in [2.45, 2.75) is 59.8 Å². The highest BCUT2D eigenvalue weighted by Gasteiger charge is 2.28. The molecule has 0 N–H and O–H groups in total. The van der Waals surface area contributed by atoms with Crippen molar-refractivity contribution in [2.24, 2.45) is 0 Å². The molecular formula is C14H27O3P. The molecule has 0 amide bonds. The summed E-state index contributed by atoms with van der Waals surface area (Å²) in [5, 5.41) is 0.696. The maximum atomic E-state index is 12.6. The van der Waals surface area contributed by atoms with Gasteiger partial charge in [-0.2, -0.15) is 0 Å². The summed E-state index contributed by atoms with van der Waals surface area (Å²) >= 11 is 0. The van der Waals surface area contributed by atoms with Crippen LogP contribution in [0.5, 0.6) is 0 Å². The Morgan fingerprint density at radius 1 is 1.11 bits per heavy atom. The number of unbranched alkanes of at least 4 members (excludes halogenated alkanes) is 2. The molecule has 0 saturated carbocycles. The average Bonchev–Trinajstić information content (AvgIpc) is 2.34. The molecule has 0 bridgehead atoms. The molecule has 18 heavy (non-hydrogen) atoms. The summed E-state index contributed by atoms with van der Waals surface area (Å²) in [5.41, 5.74) is 3.14. The molecule has 3 nitrogen and oxygen atoms in total. The summed E-state index contributed by atoms with van der Waals surface area (Å²) in [4.78, 5) is 0. The van der Waals surface area contributed by atoms with Gasteiger partial charge < -0.3 is 9.05 Å². The van der Waals surface area contributed by atoms with E-state index >= 15 is 0 Å². The van der Waals surface area contributed by atoms with Gasteiger partial charge in [-0.15, -0.1) is 5.73 Å². The topological polar surface area (TPSA) is 35.5 Å². The second kappa shape index (κ2) is 10.6. The molecule has 0 aliphatic heterocycles. The van der Waals surface area contributed by atoms with Crippen LogP contribution in [-0.4, -0.2) is 13.2 Å². The van der Waals surface area contributed by atoms with E-state index in [1.807, 2.05) is 19.9 Å². The van der Waals surface area contributed by atoms with Gasteiger partial charge in [-0.1, -0.05) is 26.7 Å². The van der Waals surface area contributed by atoms with Gasteiger partial charge in [0.1, 0.15) is 0 Å². The second-order valence-corrected chi connectivity index (χ2v) is 6.07. The molecule has 0 unspecified atom stereocenters. The normalized spacial score (nSPS) is 11.1.